The molecule has 7 heteroatoms. The molecule has 4 aromatic rings. The minimum Gasteiger partial charge on any atom is -0.497 e. The summed E-state index contributed by atoms with van der Waals surface area (Å²) in [7, 11) is 1.61. The van der Waals surface area contributed by atoms with Crippen molar-refractivity contribution < 1.29 is 9.53 Å². The zero-order valence-electron chi connectivity index (χ0n) is 16.3. The first-order valence-electron chi connectivity index (χ1n) is 9.36. The Bertz CT molecular complexity index is 1100. The van der Waals surface area contributed by atoms with E-state index in [9.17, 15) is 4.79 Å². The Kier molecular flexibility index (Phi) is 6.10. The van der Waals surface area contributed by atoms with E-state index in [2.05, 4.69) is 15.5 Å². The standard InChI is InChI=1S/C23H20N4O2S/c1-29-20-14-12-18(13-15-20)25-22(28)21(17-8-4-2-5-9-17)30-23-26-24-16-27(23)19-10-6-3-7-11-19/h2-16,21H,1H3,(H,25,28). The van der Waals surface area contributed by atoms with Gasteiger partial charge in [0.25, 0.3) is 0 Å². The van der Waals surface area contributed by atoms with Gasteiger partial charge in [-0.2, -0.15) is 0 Å². The average molecular weight is 417 g/mol. The number of para-hydroxylation sites is 1. The normalized spacial score (nSPS) is 11.6. The van der Waals surface area contributed by atoms with Crippen molar-refractivity contribution in [2.75, 3.05) is 12.4 Å². The molecule has 150 valence electrons. The van der Waals surface area contributed by atoms with Crippen LogP contribution in [0.4, 0.5) is 5.69 Å². The largest absolute Gasteiger partial charge is 0.497 e. The van der Waals surface area contributed by atoms with Crippen LogP contribution in [0.5, 0.6) is 5.75 Å². The molecule has 0 aliphatic heterocycles. The topological polar surface area (TPSA) is 69.0 Å². The summed E-state index contributed by atoms with van der Waals surface area (Å²) in [6, 6.07) is 26.7. The highest BCUT2D eigenvalue weighted by molar-refractivity contribution is 8.00. The Labute approximate surface area is 178 Å². The van der Waals surface area contributed by atoms with Crippen LogP contribution in [0.1, 0.15) is 10.8 Å². The summed E-state index contributed by atoms with van der Waals surface area (Å²) in [6.45, 7) is 0. The SMILES string of the molecule is COc1ccc(NC(=O)C(Sc2nncn2-c2ccccc2)c2ccccc2)cc1. The molecule has 0 fully saturated rings. The zero-order valence-corrected chi connectivity index (χ0v) is 17.1. The molecule has 30 heavy (non-hydrogen) atoms. The fraction of sp³-hybridized carbons (Fsp3) is 0.0870. The van der Waals surface area contributed by atoms with E-state index in [0.29, 0.717) is 10.8 Å². The number of hydrogen-bond acceptors (Lipinski definition) is 5. The zero-order chi connectivity index (χ0) is 20.8. The van der Waals surface area contributed by atoms with Crippen LogP contribution in [0.15, 0.2) is 96.4 Å². The second kappa shape index (κ2) is 9.28. The van der Waals surface area contributed by atoms with E-state index >= 15 is 0 Å². The molecule has 0 saturated heterocycles. The number of aromatic nitrogens is 3. The number of methoxy groups -OCH3 is 1. The van der Waals surface area contributed by atoms with Gasteiger partial charge in [-0.05, 0) is 42.0 Å². The number of nitrogens with zero attached hydrogens (tertiary/aromatic N) is 3. The Morgan fingerprint density at radius 2 is 1.63 bits per heavy atom. The van der Waals surface area contributed by atoms with Gasteiger partial charge in [0, 0.05) is 11.4 Å². The van der Waals surface area contributed by atoms with E-state index in [1.807, 2.05) is 89.5 Å². The van der Waals surface area contributed by atoms with E-state index in [0.717, 1.165) is 17.0 Å². The molecule has 0 radical (unpaired) electrons. The number of amides is 1. The molecule has 4 rings (SSSR count). The van der Waals surface area contributed by atoms with Gasteiger partial charge >= 0.3 is 0 Å². The van der Waals surface area contributed by atoms with Crippen LogP contribution in [0, 0.1) is 0 Å². The van der Waals surface area contributed by atoms with Gasteiger partial charge in [-0.25, -0.2) is 0 Å². The lowest BCUT2D eigenvalue weighted by atomic mass is 10.1. The predicted molar refractivity (Wildman–Crippen MR) is 118 cm³/mol. The van der Waals surface area contributed by atoms with E-state index in [1.165, 1.54) is 11.8 Å². The van der Waals surface area contributed by atoms with Crippen molar-refractivity contribution in [3.05, 3.63) is 96.8 Å². The molecule has 0 saturated carbocycles. The lowest BCUT2D eigenvalue weighted by Crippen LogP contribution is -2.19. The second-order valence-corrected chi connectivity index (χ2v) is 7.52. The van der Waals surface area contributed by atoms with E-state index in [1.54, 1.807) is 13.4 Å². The fourth-order valence-electron chi connectivity index (χ4n) is 2.96. The van der Waals surface area contributed by atoms with E-state index < -0.39 is 5.25 Å². The van der Waals surface area contributed by atoms with Crippen molar-refractivity contribution in [1.29, 1.82) is 0 Å². The van der Waals surface area contributed by atoms with Crippen molar-refractivity contribution >= 4 is 23.4 Å². The number of hydrogen-bond donors (Lipinski definition) is 1. The molecule has 0 spiro atoms. The molecule has 1 heterocycles. The molecule has 1 aromatic heterocycles. The smallest absolute Gasteiger partial charge is 0.242 e. The number of nitrogens with one attached hydrogen (secondary N) is 1. The quantitative estimate of drug-likeness (QED) is 0.441. The molecule has 1 unspecified atom stereocenters. The number of benzene rings is 3. The maximum Gasteiger partial charge on any atom is 0.242 e. The summed E-state index contributed by atoms with van der Waals surface area (Å²) >= 11 is 1.36. The number of thioether (sulfide) groups is 1. The third kappa shape index (κ3) is 4.52. The van der Waals surface area contributed by atoms with Crippen LogP contribution < -0.4 is 10.1 Å². The van der Waals surface area contributed by atoms with Crippen LogP contribution in [0.2, 0.25) is 0 Å². The van der Waals surface area contributed by atoms with Gasteiger partial charge in [0.1, 0.15) is 17.3 Å². The van der Waals surface area contributed by atoms with Gasteiger partial charge in [-0.3, -0.25) is 9.36 Å². The van der Waals surface area contributed by atoms with Crippen molar-refractivity contribution in [1.82, 2.24) is 14.8 Å². The van der Waals surface area contributed by atoms with E-state index in [-0.39, 0.29) is 5.91 Å². The van der Waals surface area contributed by atoms with Crippen LogP contribution in [0.3, 0.4) is 0 Å². The molecule has 3 aromatic carbocycles. The van der Waals surface area contributed by atoms with Crippen LogP contribution in [-0.2, 0) is 4.79 Å². The number of anilines is 1. The van der Waals surface area contributed by atoms with Crippen LogP contribution >= 0.6 is 11.8 Å². The summed E-state index contributed by atoms with van der Waals surface area (Å²) in [4.78, 5) is 13.2. The maximum atomic E-state index is 13.2. The fourth-order valence-corrected chi connectivity index (χ4v) is 3.99. The average Bonchev–Trinajstić information content (AvgIpc) is 3.27. The number of carbonyl (C=O) groups excluding carboxylic acids is 1. The van der Waals surface area contributed by atoms with Gasteiger partial charge in [0.2, 0.25) is 5.91 Å². The molecule has 0 aliphatic carbocycles. The first-order valence-corrected chi connectivity index (χ1v) is 10.2. The Balaban J connectivity index is 1.61. The Hall–Kier alpha value is -3.58. The second-order valence-electron chi connectivity index (χ2n) is 6.45. The van der Waals surface area contributed by atoms with Crippen molar-refractivity contribution in [2.45, 2.75) is 10.4 Å². The minimum atomic E-state index is -0.500. The summed E-state index contributed by atoms with van der Waals surface area (Å²) in [5.74, 6) is 0.594. The number of carbonyl (C=O) groups is 1. The van der Waals surface area contributed by atoms with Crippen molar-refractivity contribution in [3.8, 4) is 11.4 Å². The molecular formula is C23H20N4O2S. The van der Waals surface area contributed by atoms with E-state index in [4.69, 9.17) is 4.74 Å². The third-order valence-electron chi connectivity index (χ3n) is 4.47. The Morgan fingerprint density at radius 1 is 0.967 bits per heavy atom. The molecule has 0 bridgehead atoms. The third-order valence-corrected chi connectivity index (χ3v) is 5.68. The molecule has 0 aliphatic rings. The highest BCUT2D eigenvalue weighted by atomic mass is 32.2. The monoisotopic (exact) mass is 416 g/mol. The summed E-state index contributed by atoms with van der Waals surface area (Å²) in [6.07, 6.45) is 1.65. The van der Waals surface area contributed by atoms with Crippen LogP contribution in [-0.4, -0.2) is 27.8 Å². The highest BCUT2D eigenvalue weighted by Gasteiger charge is 2.25. The summed E-state index contributed by atoms with van der Waals surface area (Å²) in [5.41, 5.74) is 2.52. The van der Waals surface area contributed by atoms with Gasteiger partial charge in [0.05, 0.1) is 7.11 Å². The molecular weight excluding hydrogens is 396 g/mol. The highest BCUT2D eigenvalue weighted by Crippen LogP contribution is 2.36. The maximum absolute atomic E-state index is 13.2. The van der Waals surface area contributed by atoms with Crippen molar-refractivity contribution in [3.63, 3.8) is 0 Å². The van der Waals surface area contributed by atoms with Gasteiger partial charge in [-0.15, -0.1) is 10.2 Å². The van der Waals surface area contributed by atoms with Gasteiger partial charge in [0.15, 0.2) is 5.16 Å². The molecule has 6 nitrogen and oxygen atoms in total. The first-order chi connectivity index (χ1) is 14.7. The van der Waals surface area contributed by atoms with Crippen LogP contribution in [0.25, 0.3) is 5.69 Å². The van der Waals surface area contributed by atoms with Gasteiger partial charge < -0.3 is 10.1 Å². The number of rotatable bonds is 7. The minimum absolute atomic E-state index is 0.140. The predicted octanol–water partition coefficient (Wildman–Crippen LogP) is 4.75. The van der Waals surface area contributed by atoms with Crippen molar-refractivity contribution in [2.24, 2.45) is 0 Å². The lowest BCUT2D eigenvalue weighted by Gasteiger charge is -2.17. The molecule has 1 amide bonds. The molecule has 1 N–H and O–H groups in total. The summed E-state index contributed by atoms with van der Waals surface area (Å²) in [5, 5.41) is 11.4. The summed E-state index contributed by atoms with van der Waals surface area (Å²) < 4.78 is 7.06. The first kappa shape index (κ1) is 19.7. The van der Waals surface area contributed by atoms with Gasteiger partial charge in [-0.1, -0.05) is 60.3 Å². The number of ether oxygens (including phenoxy) is 1. The molecule has 1 atom stereocenters. The lowest BCUT2D eigenvalue weighted by molar-refractivity contribution is -0.115. The Morgan fingerprint density at radius 3 is 2.30 bits per heavy atom.